The predicted octanol–water partition coefficient (Wildman–Crippen LogP) is 3.85. The number of benzene rings is 2. The molecule has 0 aliphatic heterocycles. The van der Waals surface area contributed by atoms with E-state index in [4.69, 9.17) is 11.5 Å². The smallest absolute Gasteiger partial charge is 0.141 e. The summed E-state index contributed by atoms with van der Waals surface area (Å²) in [4.78, 5) is 10.0. The first-order valence-electron chi connectivity index (χ1n) is 6.32. The maximum atomic E-state index is 5.99. The lowest BCUT2D eigenvalue weighted by Gasteiger charge is -2.07. The minimum absolute atomic E-state index is 0.521. The number of anilines is 2. The van der Waals surface area contributed by atoms with E-state index in [1.807, 2.05) is 42.5 Å². The van der Waals surface area contributed by atoms with Gasteiger partial charge in [0, 0.05) is 20.4 Å². The van der Waals surface area contributed by atoms with Gasteiger partial charge in [-0.2, -0.15) is 0 Å². The number of thioether (sulfide) groups is 1. The molecule has 0 spiro atoms. The lowest BCUT2D eigenvalue weighted by molar-refractivity contribution is 1.07. The van der Waals surface area contributed by atoms with E-state index in [2.05, 4.69) is 25.9 Å². The van der Waals surface area contributed by atoms with Crippen LogP contribution < -0.4 is 11.5 Å². The fraction of sp³-hybridized carbons (Fsp3) is 0.0667. The third-order valence-electron chi connectivity index (χ3n) is 2.99. The lowest BCUT2D eigenvalue weighted by atomic mass is 10.2. The molecule has 21 heavy (non-hydrogen) atoms. The molecule has 0 radical (unpaired) electrons. The fourth-order valence-electron chi connectivity index (χ4n) is 1.99. The zero-order valence-electron chi connectivity index (χ0n) is 11.1. The second-order valence-electron chi connectivity index (χ2n) is 4.52. The number of nitrogens with two attached hydrogens (primary N) is 2. The monoisotopic (exact) mass is 360 g/mol. The van der Waals surface area contributed by atoms with Gasteiger partial charge < -0.3 is 11.5 Å². The van der Waals surface area contributed by atoms with Crippen molar-refractivity contribution < 1.29 is 0 Å². The normalized spacial score (nSPS) is 10.9. The first-order valence-corrected chi connectivity index (χ1v) is 8.10. The molecular weight excluding hydrogens is 348 g/mol. The SMILES string of the molecule is Nc1ccc(SCc2nc(N)c3ccccc3n2)c(Br)c1. The highest BCUT2D eigenvalue weighted by Gasteiger charge is 2.07. The van der Waals surface area contributed by atoms with E-state index >= 15 is 0 Å². The number of nitrogens with zero attached hydrogens (tertiary/aromatic N) is 2. The zero-order chi connectivity index (χ0) is 14.8. The molecule has 3 aromatic rings. The molecule has 1 heterocycles. The largest absolute Gasteiger partial charge is 0.399 e. The van der Waals surface area contributed by atoms with E-state index in [1.165, 1.54) is 0 Å². The van der Waals surface area contributed by atoms with Gasteiger partial charge in [-0.3, -0.25) is 0 Å². The molecule has 2 aromatic carbocycles. The molecule has 106 valence electrons. The van der Waals surface area contributed by atoms with Crippen molar-refractivity contribution in [3.05, 3.63) is 52.8 Å². The van der Waals surface area contributed by atoms with Crippen LogP contribution in [-0.2, 0) is 5.75 Å². The van der Waals surface area contributed by atoms with Gasteiger partial charge in [0.2, 0.25) is 0 Å². The Kier molecular flexibility index (Phi) is 3.98. The van der Waals surface area contributed by atoms with E-state index in [1.54, 1.807) is 11.8 Å². The summed E-state index contributed by atoms with van der Waals surface area (Å²) in [5, 5.41) is 0.889. The van der Waals surface area contributed by atoms with Crippen LogP contribution in [0.2, 0.25) is 0 Å². The Balaban J connectivity index is 1.85. The Labute approximate surface area is 135 Å². The maximum Gasteiger partial charge on any atom is 0.141 e. The Hall–Kier alpha value is -1.79. The second kappa shape index (κ2) is 5.91. The van der Waals surface area contributed by atoms with Crippen LogP contribution in [0, 0.1) is 0 Å². The molecule has 1 aromatic heterocycles. The highest BCUT2D eigenvalue weighted by atomic mass is 79.9. The van der Waals surface area contributed by atoms with E-state index in [0.717, 1.165) is 31.8 Å². The van der Waals surface area contributed by atoms with Crippen LogP contribution in [0.25, 0.3) is 10.9 Å². The molecule has 0 saturated carbocycles. The average molecular weight is 361 g/mol. The molecule has 0 atom stereocenters. The molecule has 0 bridgehead atoms. The van der Waals surface area contributed by atoms with Crippen molar-refractivity contribution in [3.63, 3.8) is 0 Å². The Morgan fingerprint density at radius 1 is 1.05 bits per heavy atom. The molecule has 0 aliphatic rings. The Morgan fingerprint density at radius 3 is 2.67 bits per heavy atom. The Morgan fingerprint density at radius 2 is 1.86 bits per heavy atom. The number of fused-ring (bicyclic) bond motifs is 1. The van der Waals surface area contributed by atoms with Gasteiger partial charge >= 0.3 is 0 Å². The molecule has 0 fully saturated rings. The van der Waals surface area contributed by atoms with Crippen LogP contribution in [0.15, 0.2) is 51.8 Å². The number of nitrogen functional groups attached to an aromatic ring is 2. The molecule has 4 N–H and O–H groups in total. The van der Waals surface area contributed by atoms with Crippen LogP contribution in [-0.4, -0.2) is 9.97 Å². The second-order valence-corrected chi connectivity index (χ2v) is 6.39. The van der Waals surface area contributed by atoms with Crippen molar-refractivity contribution in [2.24, 2.45) is 0 Å². The highest BCUT2D eigenvalue weighted by molar-refractivity contribution is 9.10. The first-order chi connectivity index (χ1) is 10.1. The predicted molar refractivity (Wildman–Crippen MR) is 92.1 cm³/mol. The van der Waals surface area contributed by atoms with Gasteiger partial charge in [0.25, 0.3) is 0 Å². The van der Waals surface area contributed by atoms with Crippen molar-refractivity contribution in [2.45, 2.75) is 10.6 Å². The van der Waals surface area contributed by atoms with Crippen LogP contribution in [0.3, 0.4) is 0 Å². The van der Waals surface area contributed by atoms with Crippen LogP contribution in [0.4, 0.5) is 11.5 Å². The van der Waals surface area contributed by atoms with Gasteiger partial charge in [-0.15, -0.1) is 11.8 Å². The third-order valence-corrected chi connectivity index (χ3v) is 4.98. The molecule has 3 rings (SSSR count). The van der Waals surface area contributed by atoms with E-state index in [-0.39, 0.29) is 0 Å². The average Bonchev–Trinajstić information content (AvgIpc) is 2.46. The van der Waals surface area contributed by atoms with E-state index in [0.29, 0.717) is 11.6 Å². The van der Waals surface area contributed by atoms with Crippen molar-refractivity contribution >= 4 is 50.1 Å². The van der Waals surface area contributed by atoms with Gasteiger partial charge in [0.05, 0.1) is 11.3 Å². The summed E-state index contributed by atoms with van der Waals surface area (Å²) in [5.74, 6) is 1.89. The first kappa shape index (κ1) is 14.2. The quantitative estimate of drug-likeness (QED) is 0.547. The number of rotatable bonds is 3. The lowest BCUT2D eigenvalue weighted by Crippen LogP contribution is -1.99. The van der Waals surface area contributed by atoms with E-state index < -0.39 is 0 Å². The molecule has 0 unspecified atom stereocenters. The van der Waals surface area contributed by atoms with Crippen molar-refractivity contribution in [3.8, 4) is 0 Å². The summed E-state index contributed by atoms with van der Waals surface area (Å²) < 4.78 is 0.973. The zero-order valence-corrected chi connectivity index (χ0v) is 13.5. The molecule has 6 heteroatoms. The van der Waals surface area contributed by atoms with Gasteiger partial charge in [-0.05, 0) is 46.3 Å². The van der Waals surface area contributed by atoms with Crippen molar-refractivity contribution in [1.29, 1.82) is 0 Å². The van der Waals surface area contributed by atoms with Crippen molar-refractivity contribution in [2.75, 3.05) is 11.5 Å². The standard InChI is InChI=1S/C15H13BrN4S/c16-11-7-9(17)5-6-13(11)21-8-14-19-12-4-2-1-3-10(12)15(18)20-14/h1-7H,8,17H2,(H2,18,19,20). The summed E-state index contributed by atoms with van der Waals surface area (Å²) in [6.45, 7) is 0. The summed E-state index contributed by atoms with van der Waals surface area (Å²) in [7, 11) is 0. The van der Waals surface area contributed by atoms with Crippen LogP contribution >= 0.6 is 27.7 Å². The minimum Gasteiger partial charge on any atom is -0.399 e. The number of halogens is 1. The van der Waals surface area contributed by atoms with Gasteiger partial charge in [-0.1, -0.05) is 12.1 Å². The number of hydrogen-bond donors (Lipinski definition) is 2. The number of para-hydroxylation sites is 1. The fourth-order valence-corrected chi connectivity index (χ4v) is 3.51. The molecule has 4 nitrogen and oxygen atoms in total. The minimum atomic E-state index is 0.521. The molecule has 0 aliphatic carbocycles. The van der Waals surface area contributed by atoms with Crippen molar-refractivity contribution in [1.82, 2.24) is 9.97 Å². The van der Waals surface area contributed by atoms with Gasteiger partial charge in [0.1, 0.15) is 11.6 Å². The molecule has 0 saturated heterocycles. The topological polar surface area (TPSA) is 77.8 Å². The molecular formula is C15H13BrN4S. The highest BCUT2D eigenvalue weighted by Crippen LogP contribution is 2.31. The third kappa shape index (κ3) is 3.11. The summed E-state index contributed by atoms with van der Waals surface area (Å²) in [6.07, 6.45) is 0. The van der Waals surface area contributed by atoms with Gasteiger partial charge in [-0.25, -0.2) is 9.97 Å². The van der Waals surface area contributed by atoms with Gasteiger partial charge in [0.15, 0.2) is 0 Å². The molecule has 0 amide bonds. The van der Waals surface area contributed by atoms with Crippen LogP contribution in [0.1, 0.15) is 5.82 Å². The maximum absolute atomic E-state index is 5.99. The van der Waals surface area contributed by atoms with E-state index in [9.17, 15) is 0 Å². The summed E-state index contributed by atoms with van der Waals surface area (Å²) in [5.41, 5.74) is 13.3. The Bertz CT molecular complexity index is 807. The number of hydrogen-bond acceptors (Lipinski definition) is 5. The summed E-state index contributed by atoms with van der Waals surface area (Å²) in [6, 6.07) is 13.5. The number of aromatic nitrogens is 2. The summed E-state index contributed by atoms with van der Waals surface area (Å²) >= 11 is 5.15. The van der Waals surface area contributed by atoms with Crippen LogP contribution in [0.5, 0.6) is 0 Å².